The van der Waals surface area contributed by atoms with Gasteiger partial charge in [0.1, 0.15) is 18.2 Å². The molecule has 8 heteroatoms. The van der Waals surface area contributed by atoms with Crippen LogP contribution >= 0.6 is 0 Å². The van der Waals surface area contributed by atoms with E-state index in [0.29, 0.717) is 0 Å². The van der Waals surface area contributed by atoms with E-state index in [1.54, 1.807) is 0 Å². The molecule has 0 aliphatic heterocycles. The average molecular weight is 194 g/mol. The van der Waals surface area contributed by atoms with Gasteiger partial charge < -0.3 is 30.6 Å². The summed E-state index contributed by atoms with van der Waals surface area (Å²) in [5.74, 6) is -1.73. The first-order valence-corrected chi connectivity index (χ1v) is 3.47. The smallest absolute Gasteiger partial charge is 0.453 e. The summed E-state index contributed by atoms with van der Waals surface area (Å²) in [6.45, 7) is -3.04. The third-order valence-corrected chi connectivity index (χ3v) is 1.51. The maximum absolute atomic E-state index is 10.1. The van der Waals surface area contributed by atoms with Gasteiger partial charge in [-0.25, -0.2) is 0 Å². The van der Waals surface area contributed by atoms with Gasteiger partial charge in [0.15, 0.2) is 0 Å². The van der Waals surface area contributed by atoms with Gasteiger partial charge in [0.25, 0.3) is 5.87 Å². The molecule has 0 heterocycles. The molecule has 0 radical (unpaired) electrons. The van der Waals surface area contributed by atoms with Crippen LogP contribution in [0, 0.1) is 0 Å². The highest BCUT2D eigenvalue weighted by molar-refractivity contribution is 6.83. The molecule has 0 aromatic rings. The van der Waals surface area contributed by atoms with Crippen LogP contribution in [-0.4, -0.2) is 68.2 Å². The number of carboxylic acid groups (broad SMARTS) is 1. The molecule has 0 saturated heterocycles. The Kier molecular flexibility index (Phi) is 4.88. The average Bonchev–Trinajstić information content (AvgIpc) is 2.12. The number of hydrogen-bond donors (Lipinski definition) is 6. The van der Waals surface area contributed by atoms with Crippen LogP contribution in [0.4, 0.5) is 4.79 Å². The molecule has 0 rings (SSSR count). The Morgan fingerprint density at radius 2 is 1.77 bits per heavy atom. The molecule has 0 saturated carbocycles. The first-order chi connectivity index (χ1) is 5.91. The van der Waals surface area contributed by atoms with Crippen molar-refractivity contribution < 1.29 is 35.4 Å². The van der Waals surface area contributed by atoms with Crippen molar-refractivity contribution in [1.29, 1.82) is 0 Å². The Hall–Kier alpha value is -0.665. The first kappa shape index (κ1) is 12.3. The van der Waals surface area contributed by atoms with Gasteiger partial charge in [-0.15, -0.1) is 0 Å². The monoisotopic (exact) mass is 194 g/mol. The van der Waals surface area contributed by atoms with Crippen LogP contribution in [0.5, 0.6) is 0 Å². The molecule has 6 N–H and O–H groups in total. The largest absolute Gasteiger partial charge is 0.487 e. The second kappa shape index (κ2) is 5.15. The van der Waals surface area contributed by atoms with E-state index in [9.17, 15) is 4.79 Å². The predicted octanol–water partition coefficient (Wildman–Crippen LogP) is -3.16. The van der Waals surface area contributed by atoms with E-state index in [4.69, 9.17) is 30.6 Å². The molecule has 0 aromatic carbocycles. The van der Waals surface area contributed by atoms with E-state index in [1.165, 1.54) is 0 Å². The van der Waals surface area contributed by atoms with Crippen LogP contribution in [-0.2, 0) is 0 Å². The van der Waals surface area contributed by atoms with Crippen LogP contribution < -0.4 is 0 Å². The standard InChI is InChI=1S/C5H11BO7/c7-1-2(8)3(9)4(10)6(13)5(11)12/h2-4,7-10,13H,1H2,(H,11,12). The van der Waals surface area contributed by atoms with Gasteiger partial charge in [-0.3, -0.25) is 4.79 Å². The highest BCUT2D eigenvalue weighted by Gasteiger charge is 2.38. The molecule has 0 bridgehead atoms. The summed E-state index contributed by atoms with van der Waals surface area (Å²) in [5.41, 5.74) is 0. The van der Waals surface area contributed by atoms with E-state index in [0.717, 1.165) is 0 Å². The van der Waals surface area contributed by atoms with Crippen molar-refractivity contribution in [2.24, 2.45) is 0 Å². The van der Waals surface area contributed by atoms with Gasteiger partial charge in [0.2, 0.25) is 0 Å². The van der Waals surface area contributed by atoms with E-state index in [2.05, 4.69) is 0 Å². The second-order valence-corrected chi connectivity index (χ2v) is 2.51. The summed E-state index contributed by atoms with van der Waals surface area (Å²) in [6, 6.07) is -2.04. The second-order valence-electron chi connectivity index (χ2n) is 2.51. The van der Waals surface area contributed by atoms with E-state index < -0.39 is 37.6 Å². The lowest BCUT2D eigenvalue weighted by molar-refractivity contribution is -0.0560. The summed E-state index contributed by atoms with van der Waals surface area (Å²) in [4.78, 5) is 10.1. The number of carbonyl (C=O) groups is 1. The van der Waals surface area contributed by atoms with Gasteiger partial charge in [-0.2, -0.15) is 0 Å². The zero-order valence-electron chi connectivity index (χ0n) is 6.61. The molecule has 0 spiro atoms. The van der Waals surface area contributed by atoms with Crippen LogP contribution in [0.3, 0.4) is 0 Å². The van der Waals surface area contributed by atoms with Gasteiger partial charge in [0, 0.05) is 0 Å². The maximum atomic E-state index is 10.1. The molecule has 3 atom stereocenters. The van der Waals surface area contributed by atoms with Crippen LogP contribution in [0.25, 0.3) is 0 Å². The van der Waals surface area contributed by atoms with E-state index in [-0.39, 0.29) is 0 Å². The summed E-state index contributed by atoms with van der Waals surface area (Å²) in [5, 5.41) is 51.8. The van der Waals surface area contributed by atoms with Gasteiger partial charge in [-0.1, -0.05) is 0 Å². The molecule has 3 unspecified atom stereocenters. The Morgan fingerprint density at radius 1 is 1.31 bits per heavy atom. The Bertz CT molecular complexity index is 174. The van der Waals surface area contributed by atoms with Crippen molar-refractivity contribution >= 4 is 12.8 Å². The predicted molar refractivity (Wildman–Crippen MR) is 41.1 cm³/mol. The lowest BCUT2D eigenvalue weighted by Gasteiger charge is -2.21. The zero-order chi connectivity index (χ0) is 10.6. The Morgan fingerprint density at radius 3 is 2.08 bits per heavy atom. The topological polar surface area (TPSA) is 138 Å². The summed E-state index contributed by atoms with van der Waals surface area (Å²) in [7, 11) is 0. The summed E-state index contributed by atoms with van der Waals surface area (Å²) < 4.78 is 0. The van der Waals surface area contributed by atoms with E-state index >= 15 is 0 Å². The van der Waals surface area contributed by atoms with Crippen molar-refractivity contribution in [1.82, 2.24) is 0 Å². The number of aliphatic hydroxyl groups excluding tert-OH is 4. The molecule has 7 nitrogen and oxygen atoms in total. The fourth-order valence-electron chi connectivity index (χ4n) is 0.668. The SMILES string of the molecule is O=C(O)B(O)C(O)C(O)C(O)CO. The van der Waals surface area contributed by atoms with Crippen molar-refractivity contribution in [2.75, 3.05) is 6.61 Å². The first-order valence-electron chi connectivity index (χ1n) is 3.47. The minimum absolute atomic E-state index is 0.843. The Labute approximate surface area is 74.0 Å². The van der Waals surface area contributed by atoms with Crippen LogP contribution in [0.1, 0.15) is 0 Å². The molecular formula is C5H11BO7. The minimum Gasteiger partial charge on any atom is -0.487 e. The fourth-order valence-corrected chi connectivity index (χ4v) is 0.668. The van der Waals surface area contributed by atoms with Gasteiger partial charge in [-0.05, 0) is 0 Å². The molecular weight excluding hydrogens is 183 g/mol. The molecule has 0 aliphatic carbocycles. The molecule has 76 valence electrons. The number of rotatable bonds is 5. The van der Waals surface area contributed by atoms with Crippen LogP contribution in [0.2, 0.25) is 0 Å². The van der Waals surface area contributed by atoms with Crippen molar-refractivity contribution in [2.45, 2.75) is 18.2 Å². The molecule has 0 fully saturated rings. The van der Waals surface area contributed by atoms with Crippen LogP contribution in [0.15, 0.2) is 0 Å². The third-order valence-electron chi connectivity index (χ3n) is 1.51. The highest BCUT2D eigenvalue weighted by atomic mass is 16.4. The lowest BCUT2D eigenvalue weighted by atomic mass is 9.60. The maximum Gasteiger partial charge on any atom is 0.453 e. The number of aliphatic hydroxyl groups is 4. The molecule has 0 aliphatic rings. The van der Waals surface area contributed by atoms with Crippen molar-refractivity contribution in [3.05, 3.63) is 0 Å². The minimum atomic E-state index is -2.20. The lowest BCUT2D eigenvalue weighted by Crippen LogP contribution is -2.51. The van der Waals surface area contributed by atoms with Crippen molar-refractivity contribution in [3.63, 3.8) is 0 Å². The zero-order valence-corrected chi connectivity index (χ0v) is 6.61. The third kappa shape index (κ3) is 3.29. The molecule has 0 amide bonds. The van der Waals surface area contributed by atoms with E-state index in [1.807, 2.05) is 0 Å². The molecule has 13 heavy (non-hydrogen) atoms. The quantitative estimate of drug-likeness (QED) is 0.254. The van der Waals surface area contributed by atoms with Crippen molar-refractivity contribution in [3.8, 4) is 0 Å². The van der Waals surface area contributed by atoms with Gasteiger partial charge >= 0.3 is 6.92 Å². The highest BCUT2D eigenvalue weighted by Crippen LogP contribution is 2.02. The summed E-state index contributed by atoms with van der Waals surface area (Å²) >= 11 is 0. The fraction of sp³-hybridized carbons (Fsp3) is 0.800. The van der Waals surface area contributed by atoms with Gasteiger partial charge in [0.05, 0.1) is 6.61 Å². The molecule has 0 aromatic heterocycles. The summed E-state index contributed by atoms with van der Waals surface area (Å²) in [6.07, 6.45) is -3.60. The Balaban J connectivity index is 4.24. The normalized spacial score (nSPS) is 17.6. The number of hydrogen-bond acceptors (Lipinski definition) is 6.